The summed E-state index contributed by atoms with van der Waals surface area (Å²) >= 11 is 0. The van der Waals surface area contributed by atoms with Crippen LogP contribution in [-0.2, 0) is 0 Å². The molecule has 0 aliphatic heterocycles. The van der Waals surface area contributed by atoms with Crippen LogP contribution in [0.25, 0.3) is 0 Å². The highest BCUT2D eigenvalue weighted by atomic mass is 16.3. The molecule has 0 saturated carbocycles. The van der Waals surface area contributed by atoms with Crippen LogP contribution >= 0.6 is 0 Å². The third-order valence-electron chi connectivity index (χ3n) is 2.87. The predicted molar refractivity (Wildman–Crippen MR) is 62.4 cm³/mol. The lowest BCUT2D eigenvalue weighted by Gasteiger charge is -2.24. The fourth-order valence-electron chi connectivity index (χ4n) is 1.44. The Bertz CT molecular complexity index is 136. The van der Waals surface area contributed by atoms with Gasteiger partial charge < -0.3 is 10.4 Å². The summed E-state index contributed by atoms with van der Waals surface area (Å²) in [6.45, 7) is 11.2. The first kappa shape index (κ1) is 13.9. The molecular formula is C12H27NO. The van der Waals surface area contributed by atoms with Gasteiger partial charge in [-0.3, -0.25) is 0 Å². The van der Waals surface area contributed by atoms with E-state index in [9.17, 15) is 0 Å². The van der Waals surface area contributed by atoms with Crippen molar-refractivity contribution >= 4 is 0 Å². The maximum absolute atomic E-state index is 9.00. The van der Waals surface area contributed by atoms with E-state index in [1.807, 2.05) is 0 Å². The molecule has 0 spiro atoms. The summed E-state index contributed by atoms with van der Waals surface area (Å²) in [7, 11) is 0. The molecule has 0 aliphatic carbocycles. The molecule has 86 valence electrons. The topological polar surface area (TPSA) is 32.3 Å². The second-order valence-corrected chi connectivity index (χ2v) is 4.99. The molecule has 0 amide bonds. The van der Waals surface area contributed by atoms with E-state index in [-0.39, 0.29) is 6.61 Å². The van der Waals surface area contributed by atoms with Crippen LogP contribution in [0, 0.1) is 11.8 Å². The van der Waals surface area contributed by atoms with E-state index in [0.717, 1.165) is 5.92 Å². The van der Waals surface area contributed by atoms with Gasteiger partial charge in [-0.25, -0.2) is 0 Å². The van der Waals surface area contributed by atoms with Crippen LogP contribution < -0.4 is 5.32 Å². The molecule has 0 fully saturated rings. The number of aliphatic hydroxyl groups excluding tert-OH is 1. The van der Waals surface area contributed by atoms with E-state index in [0.29, 0.717) is 18.0 Å². The average molecular weight is 201 g/mol. The molecule has 0 rings (SSSR count). The number of nitrogens with one attached hydrogen (secondary N) is 1. The molecule has 0 aromatic rings. The molecule has 0 heterocycles. The summed E-state index contributed by atoms with van der Waals surface area (Å²) in [6, 6.07) is 0.962. The van der Waals surface area contributed by atoms with Gasteiger partial charge in [0, 0.05) is 18.7 Å². The van der Waals surface area contributed by atoms with E-state index in [1.165, 1.54) is 12.8 Å². The van der Waals surface area contributed by atoms with Gasteiger partial charge in [0.15, 0.2) is 0 Å². The zero-order chi connectivity index (χ0) is 11.1. The summed E-state index contributed by atoms with van der Waals surface area (Å²) in [4.78, 5) is 0. The molecule has 14 heavy (non-hydrogen) atoms. The van der Waals surface area contributed by atoms with Crippen LogP contribution in [0.3, 0.4) is 0 Å². The quantitative estimate of drug-likeness (QED) is 0.663. The number of aliphatic hydroxyl groups is 1. The minimum Gasteiger partial charge on any atom is -0.396 e. The van der Waals surface area contributed by atoms with E-state index >= 15 is 0 Å². The van der Waals surface area contributed by atoms with E-state index in [1.54, 1.807) is 0 Å². The molecule has 0 radical (unpaired) electrons. The molecular weight excluding hydrogens is 174 g/mol. The standard InChI is InChI=1S/C12H27NO/c1-9(2)6-7-11(4)13-12(5)10(3)8-14/h9-14H,6-8H2,1-5H3/t10-,11+,12+/m1/s1. The molecule has 2 nitrogen and oxygen atoms in total. The Morgan fingerprint density at radius 3 is 2.00 bits per heavy atom. The lowest BCUT2D eigenvalue weighted by Crippen LogP contribution is -2.39. The van der Waals surface area contributed by atoms with Gasteiger partial charge in [-0.15, -0.1) is 0 Å². The summed E-state index contributed by atoms with van der Waals surface area (Å²) in [6.07, 6.45) is 2.49. The van der Waals surface area contributed by atoms with Crippen LogP contribution in [0.4, 0.5) is 0 Å². The minimum absolute atomic E-state index is 0.269. The normalized spacial score (nSPS) is 18.2. The van der Waals surface area contributed by atoms with Gasteiger partial charge in [-0.1, -0.05) is 20.8 Å². The Kier molecular flexibility index (Phi) is 7.20. The van der Waals surface area contributed by atoms with Crippen molar-refractivity contribution in [1.82, 2.24) is 5.32 Å². The van der Waals surface area contributed by atoms with Crippen molar-refractivity contribution in [3.05, 3.63) is 0 Å². The molecule has 0 aromatic heterocycles. The van der Waals surface area contributed by atoms with Crippen LogP contribution in [0.2, 0.25) is 0 Å². The van der Waals surface area contributed by atoms with Gasteiger partial charge in [0.25, 0.3) is 0 Å². The number of rotatable bonds is 7. The lowest BCUT2D eigenvalue weighted by atomic mass is 10.0. The minimum atomic E-state index is 0.269. The van der Waals surface area contributed by atoms with E-state index in [2.05, 4.69) is 39.9 Å². The molecule has 0 unspecified atom stereocenters. The van der Waals surface area contributed by atoms with Crippen molar-refractivity contribution < 1.29 is 5.11 Å². The van der Waals surface area contributed by atoms with Gasteiger partial charge in [-0.05, 0) is 38.5 Å². The molecule has 2 N–H and O–H groups in total. The van der Waals surface area contributed by atoms with Crippen LogP contribution in [0.1, 0.15) is 47.5 Å². The summed E-state index contributed by atoms with van der Waals surface area (Å²) in [5.74, 6) is 1.13. The Hall–Kier alpha value is -0.0800. The number of hydrogen-bond acceptors (Lipinski definition) is 2. The van der Waals surface area contributed by atoms with Crippen molar-refractivity contribution in [2.45, 2.75) is 59.5 Å². The molecule has 2 heteroatoms. The molecule has 0 aliphatic rings. The first-order valence-electron chi connectivity index (χ1n) is 5.84. The highest BCUT2D eigenvalue weighted by molar-refractivity contribution is 4.72. The first-order chi connectivity index (χ1) is 6.47. The zero-order valence-corrected chi connectivity index (χ0v) is 10.4. The monoisotopic (exact) mass is 201 g/mol. The van der Waals surface area contributed by atoms with Crippen molar-refractivity contribution in [3.8, 4) is 0 Å². The lowest BCUT2D eigenvalue weighted by molar-refractivity contribution is 0.200. The van der Waals surface area contributed by atoms with Crippen LogP contribution in [-0.4, -0.2) is 23.8 Å². The largest absolute Gasteiger partial charge is 0.396 e. The van der Waals surface area contributed by atoms with Gasteiger partial charge in [0.1, 0.15) is 0 Å². The Balaban J connectivity index is 3.65. The van der Waals surface area contributed by atoms with Crippen LogP contribution in [0.5, 0.6) is 0 Å². The highest BCUT2D eigenvalue weighted by Gasteiger charge is 2.13. The maximum atomic E-state index is 9.00. The second kappa shape index (κ2) is 7.24. The third kappa shape index (κ3) is 6.39. The second-order valence-electron chi connectivity index (χ2n) is 4.99. The number of hydrogen-bond donors (Lipinski definition) is 2. The first-order valence-corrected chi connectivity index (χ1v) is 5.84. The SMILES string of the molecule is CC(C)CC[C@H](C)N[C@@H](C)[C@H](C)CO. The molecule has 0 saturated heterocycles. The highest BCUT2D eigenvalue weighted by Crippen LogP contribution is 2.09. The van der Waals surface area contributed by atoms with Crippen molar-refractivity contribution in [3.63, 3.8) is 0 Å². The van der Waals surface area contributed by atoms with Gasteiger partial charge in [-0.2, -0.15) is 0 Å². The molecule has 0 bridgehead atoms. The fourth-order valence-corrected chi connectivity index (χ4v) is 1.44. The van der Waals surface area contributed by atoms with E-state index < -0.39 is 0 Å². The third-order valence-corrected chi connectivity index (χ3v) is 2.87. The Labute approximate surface area is 89.1 Å². The van der Waals surface area contributed by atoms with Crippen molar-refractivity contribution in [2.75, 3.05) is 6.61 Å². The predicted octanol–water partition coefficient (Wildman–Crippen LogP) is 2.42. The fraction of sp³-hybridized carbons (Fsp3) is 1.00. The van der Waals surface area contributed by atoms with Gasteiger partial charge in [0.2, 0.25) is 0 Å². The maximum Gasteiger partial charge on any atom is 0.0471 e. The van der Waals surface area contributed by atoms with E-state index in [4.69, 9.17) is 5.11 Å². The van der Waals surface area contributed by atoms with Crippen molar-refractivity contribution in [2.24, 2.45) is 11.8 Å². The smallest absolute Gasteiger partial charge is 0.0471 e. The molecule has 0 aromatic carbocycles. The zero-order valence-electron chi connectivity index (χ0n) is 10.4. The van der Waals surface area contributed by atoms with Gasteiger partial charge >= 0.3 is 0 Å². The summed E-state index contributed by atoms with van der Waals surface area (Å²) in [5, 5.41) is 12.5. The van der Waals surface area contributed by atoms with Crippen LogP contribution in [0.15, 0.2) is 0 Å². The Morgan fingerprint density at radius 1 is 1.00 bits per heavy atom. The Morgan fingerprint density at radius 2 is 1.57 bits per heavy atom. The van der Waals surface area contributed by atoms with Gasteiger partial charge in [0.05, 0.1) is 0 Å². The van der Waals surface area contributed by atoms with Crippen molar-refractivity contribution in [1.29, 1.82) is 0 Å². The summed E-state index contributed by atoms with van der Waals surface area (Å²) < 4.78 is 0. The molecule has 3 atom stereocenters. The average Bonchev–Trinajstić information content (AvgIpc) is 2.13. The summed E-state index contributed by atoms with van der Waals surface area (Å²) in [5.41, 5.74) is 0.